The van der Waals surface area contributed by atoms with Crippen LogP contribution in [0.15, 0.2) is 16.3 Å². The van der Waals surface area contributed by atoms with Gasteiger partial charge in [-0.1, -0.05) is 13.8 Å². The van der Waals surface area contributed by atoms with Gasteiger partial charge in [0.25, 0.3) is 0 Å². The van der Waals surface area contributed by atoms with Gasteiger partial charge >= 0.3 is 0 Å². The predicted octanol–water partition coefficient (Wildman–Crippen LogP) is 1.44. The molecule has 0 aromatic carbocycles. The SMILES string of the molecule is CC(C)CCN(C)C(=O)Cc1ccc(S(N)(=O)=O)s1. The fourth-order valence-electron chi connectivity index (χ4n) is 1.47. The van der Waals surface area contributed by atoms with E-state index in [-0.39, 0.29) is 16.5 Å². The van der Waals surface area contributed by atoms with Gasteiger partial charge in [-0.25, -0.2) is 13.6 Å². The Morgan fingerprint density at radius 3 is 2.53 bits per heavy atom. The van der Waals surface area contributed by atoms with Crippen LogP contribution in [0.3, 0.4) is 0 Å². The molecule has 0 radical (unpaired) electrons. The second-order valence-electron chi connectivity index (χ2n) is 4.94. The van der Waals surface area contributed by atoms with Gasteiger partial charge in [0.05, 0.1) is 6.42 Å². The number of carbonyl (C=O) groups excluding carboxylic acids is 1. The third-order valence-electron chi connectivity index (χ3n) is 2.71. The van der Waals surface area contributed by atoms with E-state index in [2.05, 4.69) is 13.8 Å². The minimum absolute atomic E-state index is 0.0107. The maximum Gasteiger partial charge on any atom is 0.247 e. The molecule has 0 aliphatic rings. The molecule has 1 aromatic heterocycles. The summed E-state index contributed by atoms with van der Waals surface area (Å²) in [6, 6.07) is 3.08. The molecule has 0 aliphatic heterocycles. The molecule has 2 N–H and O–H groups in total. The first-order valence-corrected chi connectivity index (χ1v) is 8.42. The molecule has 7 heteroatoms. The highest BCUT2D eigenvalue weighted by Gasteiger charge is 2.15. The fourth-order valence-corrected chi connectivity index (χ4v) is 3.24. The van der Waals surface area contributed by atoms with Crippen LogP contribution in [0.2, 0.25) is 0 Å². The Morgan fingerprint density at radius 1 is 1.42 bits per heavy atom. The minimum Gasteiger partial charge on any atom is -0.345 e. The maximum absolute atomic E-state index is 11.9. The summed E-state index contributed by atoms with van der Waals surface area (Å²) in [7, 11) is -1.90. The highest BCUT2D eigenvalue weighted by Crippen LogP contribution is 2.21. The van der Waals surface area contributed by atoms with E-state index in [1.165, 1.54) is 6.07 Å². The molecule has 1 amide bonds. The summed E-state index contributed by atoms with van der Waals surface area (Å²) >= 11 is 1.05. The van der Waals surface area contributed by atoms with Crippen LogP contribution in [0.5, 0.6) is 0 Å². The van der Waals surface area contributed by atoms with Crippen LogP contribution in [-0.2, 0) is 21.2 Å². The van der Waals surface area contributed by atoms with Crippen LogP contribution < -0.4 is 5.14 Å². The van der Waals surface area contributed by atoms with E-state index in [0.717, 1.165) is 17.8 Å². The molecule has 0 spiro atoms. The lowest BCUT2D eigenvalue weighted by molar-refractivity contribution is -0.129. The van der Waals surface area contributed by atoms with Crippen molar-refractivity contribution in [2.75, 3.05) is 13.6 Å². The summed E-state index contributed by atoms with van der Waals surface area (Å²) in [5.41, 5.74) is 0. The molecule has 0 aliphatic carbocycles. The van der Waals surface area contributed by atoms with E-state index < -0.39 is 10.0 Å². The third kappa shape index (κ3) is 5.30. The van der Waals surface area contributed by atoms with Crippen molar-refractivity contribution < 1.29 is 13.2 Å². The number of amides is 1. The first kappa shape index (κ1) is 16.1. The molecule has 1 rings (SSSR count). The molecule has 0 saturated carbocycles. The Hall–Kier alpha value is -0.920. The molecular weight excluding hydrogens is 284 g/mol. The van der Waals surface area contributed by atoms with E-state index in [1.807, 2.05) is 0 Å². The number of sulfonamides is 1. The van der Waals surface area contributed by atoms with Crippen LogP contribution >= 0.6 is 11.3 Å². The largest absolute Gasteiger partial charge is 0.345 e. The van der Waals surface area contributed by atoms with E-state index in [9.17, 15) is 13.2 Å². The molecule has 5 nitrogen and oxygen atoms in total. The van der Waals surface area contributed by atoms with Gasteiger partial charge in [0.1, 0.15) is 4.21 Å². The number of carbonyl (C=O) groups is 1. The van der Waals surface area contributed by atoms with E-state index in [0.29, 0.717) is 17.3 Å². The van der Waals surface area contributed by atoms with Crippen molar-refractivity contribution in [1.29, 1.82) is 0 Å². The Morgan fingerprint density at radius 2 is 2.05 bits per heavy atom. The smallest absolute Gasteiger partial charge is 0.247 e. The Kier molecular flexibility index (Phi) is 5.51. The van der Waals surface area contributed by atoms with Gasteiger partial charge < -0.3 is 4.90 Å². The van der Waals surface area contributed by atoms with Gasteiger partial charge in [0.2, 0.25) is 15.9 Å². The molecule has 19 heavy (non-hydrogen) atoms. The first-order chi connectivity index (χ1) is 8.70. The number of nitrogens with zero attached hydrogens (tertiary/aromatic N) is 1. The predicted molar refractivity (Wildman–Crippen MR) is 76.5 cm³/mol. The van der Waals surface area contributed by atoms with Crippen molar-refractivity contribution in [3.8, 4) is 0 Å². The lowest BCUT2D eigenvalue weighted by atomic mass is 10.1. The summed E-state index contributed by atoms with van der Waals surface area (Å²) in [5.74, 6) is 0.537. The average molecular weight is 304 g/mol. The van der Waals surface area contributed by atoms with Crippen molar-refractivity contribution in [3.05, 3.63) is 17.0 Å². The van der Waals surface area contributed by atoms with Crippen molar-refractivity contribution in [3.63, 3.8) is 0 Å². The quantitative estimate of drug-likeness (QED) is 0.863. The van der Waals surface area contributed by atoms with Gasteiger partial charge in [0.15, 0.2) is 0 Å². The molecule has 0 atom stereocenters. The lowest BCUT2D eigenvalue weighted by Crippen LogP contribution is -2.29. The molecule has 0 unspecified atom stereocenters. The Bertz CT molecular complexity index is 535. The summed E-state index contributed by atoms with van der Waals surface area (Å²) in [4.78, 5) is 14.3. The van der Waals surface area contributed by atoms with Crippen molar-refractivity contribution >= 4 is 27.3 Å². The highest BCUT2D eigenvalue weighted by atomic mass is 32.2. The van der Waals surface area contributed by atoms with Crippen LogP contribution in [0.4, 0.5) is 0 Å². The van der Waals surface area contributed by atoms with Crippen LogP contribution in [0.25, 0.3) is 0 Å². The zero-order valence-electron chi connectivity index (χ0n) is 11.4. The zero-order valence-corrected chi connectivity index (χ0v) is 13.1. The number of likely N-dealkylation sites (N-methyl/N-ethyl adjacent to an activating group) is 1. The topological polar surface area (TPSA) is 80.5 Å². The number of primary sulfonamides is 1. The molecule has 1 heterocycles. The van der Waals surface area contributed by atoms with Gasteiger partial charge in [0, 0.05) is 18.5 Å². The fraction of sp³-hybridized carbons (Fsp3) is 0.583. The molecule has 0 fully saturated rings. The Labute approximate surface area is 118 Å². The van der Waals surface area contributed by atoms with E-state index in [4.69, 9.17) is 5.14 Å². The summed E-state index contributed by atoms with van der Waals surface area (Å²) in [6.45, 7) is 4.93. The maximum atomic E-state index is 11.9. The summed E-state index contributed by atoms with van der Waals surface area (Å²) < 4.78 is 22.4. The van der Waals surface area contributed by atoms with E-state index >= 15 is 0 Å². The molecular formula is C12H20N2O3S2. The monoisotopic (exact) mass is 304 g/mol. The lowest BCUT2D eigenvalue weighted by Gasteiger charge is -2.17. The molecule has 108 valence electrons. The standard InChI is InChI=1S/C12H20N2O3S2/c1-9(2)6-7-14(3)11(15)8-10-4-5-12(18-10)19(13,16)17/h4-5,9H,6-8H2,1-3H3,(H2,13,16,17). The van der Waals surface area contributed by atoms with Crippen molar-refractivity contribution in [2.45, 2.75) is 30.9 Å². The Balaban J connectivity index is 2.60. The molecule has 1 aromatic rings. The van der Waals surface area contributed by atoms with Crippen LogP contribution in [0.1, 0.15) is 25.1 Å². The third-order valence-corrected chi connectivity index (χ3v) is 5.23. The normalized spacial score (nSPS) is 11.8. The minimum atomic E-state index is -3.67. The van der Waals surface area contributed by atoms with E-state index in [1.54, 1.807) is 18.0 Å². The summed E-state index contributed by atoms with van der Waals surface area (Å²) in [6.07, 6.45) is 1.17. The highest BCUT2D eigenvalue weighted by molar-refractivity contribution is 7.91. The second kappa shape index (κ2) is 6.49. The molecule has 0 bridgehead atoms. The van der Waals surface area contributed by atoms with Crippen LogP contribution in [0, 0.1) is 5.92 Å². The van der Waals surface area contributed by atoms with Gasteiger partial charge in [-0.05, 0) is 24.5 Å². The number of nitrogens with two attached hydrogens (primary N) is 1. The number of rotatable bonds is 6. The zero-order chi connectivity index (χ0) is 14.6. The number of hydrogen-bond donors (Lipinski definition) is 1. The van der Waals surface area contributed by atoms with Gasteiger partial charge in [-0.2, -0.15) is 0 Å². The van der Waals surface area contributed by atoms with Crippen LogP contribution in [-0.4, -0.2) is 32.8 Å². The van der Waals surface area contributed by atoms with Crippen molar-refractivity contribution in [2.24, 2.45) is 11.1 Å². The van der Waals surface area contributed by atoms with Gasteiger partial charge in [-0.15, -0.1) is 11.3 Å². The second-order valence-corrected chi connectivity index (χ2v) is 7.90. The van der Waals surface area contributed by atoms with Crippen molar-refractivity contribution in [1.82, 2.24) is 4.90 Å². The first-order valence-electron chi connectivity index (χ1n) is 6.05. The summed E-state index contributed by atoms with van der Waals surface area (Å²) in [5, 5.41) is 5.03. The number of hydrogen-bond acceptors (Lipinski definition) is 4. The average Bonchev–Trinajstić information content (AvgIpc) is 2.73. The molecule has 0 saturated heterocycles. The van der Waals surface area contributed by atoms with Gasteiger partial charge in [-0.3, -0.25) is 4.79 Å². The number of thiophene rings is 1.